The number of halogens is 3. The number of hydrogen-bond donors (Lipinski definition) is 1. The van der Waals surface area contributed by atoms with Crippen molar-refractivity contribution in [2.24, 2.45) is 7.05 Å². The number of alkyl halides is 3. The Kier molecular flexibility index (Phi) is 6.04. The molecule has 3 aromatic heterocycles. The van der Waals surface area contributed by atoms with Crippen molar-refractivity contribution >= 4 is 39.1 Å². The number of aromatic nitrogens is 4. The highest BCUT2D eigenvalue weighted by Gasteiger charge is 2.30. The van der Waals surface area contributed by atoms with E-state index in [0.29, 0.717) is 40.0 Å². The first-order chi connectivity index (χ1) is 16.1. The molecule has 0 fully saturated rings. The van der Waals surface area contributed by atoms with Gasteiger partial charge in [0.25, 0.3) is 5.91 Å². The molecule has 0 radical (unpaired) electrons. The molecule has 0 saturated carbocycles. The number of carbonyl (C=O) groups excluding carboxylic acids is 1. The molecule has 0 unspecified atom stereocenters. The molecule has 0 aliphatic carbocycles. The number of benzene rings is 1. The fourth-order valence-corrected chi connectivity index (χ4v) is 4.10. The number of aryl methyl sites for hydroxylation is 2. The molecule has 176 valence electrons. The van der Waals surface area contributed by atoms with E-state index in [2.05, 4.69) is 20.4 Å². The summed E-state index contributed by atoms with van der Waals surface area (Å²) >= 11 is 0.712. The Morgan fingerprint density at radius 2 is 1.88 bits per heavy atom. The van der Waals surface area contributed by atoms with Crippen molar-refractivity contribution in [2.45, 2.75) is 25.9 Å². The lowest BCUT2D eigenvalue weighted by Crippen LogP contribution is -2.13. The van der Waals surface area contributed by atoms with E-state index in [1.54, 1.807) is 7.05 Å². The zero-order chi connectivity index (χ0) is 24.6. The maximum atomic E-state index is 13.0. The zero-order valence-corrected chi connectivity index (χ0v) is 18.7. The van der Waals surface area contributed by atoms with Gasteiger partial charge in [-0.15, -0.1) is 0 Å². The fraction of sp³-hybridized carbons (Fsp3) is 0.238. The molecule has 9 nitrogen and oxygen atoms in total. The third-order valence-corrected chi connectivity index (χ3v) is 5.97. The first-order valence-corrected chi connectivity index (χ1v) is 10.9. The van der Waals surface area contributed by atoms with Crippen LogP contribution in [0.3, 0.4) is 0 Å². The molecular weight excluding hydrogens is 473 g/mol. The standard InChI is InChI=1S/C21H17F3N6O3S/c1-3-4-13-16-17(29(2)28-13)19(27-20(31)14-9-10-15(34-14)30(32)33)26-18(25-16)11-5-7-12(8-6-11)21(22,23)24/h5-10H,3-4H2,1-2H3,(H,25,26,27,31). The summed E-state index contributed by atoms with van der Waals surface area (Å²) in [7, 11) is 1.66. The third kappa shape index (κ3) is 4.46. The molecule has 0 spiro atoms. The molecule has 0 saturated heterocycles. The van der Waals surface area contributed by atoms with E-state index >= 15 is 0 Å². The number of nitro groups is 1. The monoisotopic (exact) mass is 490 g/mol. The van der Waals surface area contributed by atoms with Crippen molar-refractivity contribution in [1.29, 1.82) is 0 Å². The molecule has 0 atom stereocenters. The van der Waals surface area contributed by atoms with Gasteiger partial charge in [0.15, 0.2) is 11.6 Å². The smallest absolute Gasteiger partial charge is 0.304 e. The van der Waals surface area contributed by atoms with Crippen LogP contribution in [0.1, 0.15) is 34.3 Å². The Hall–Kier alpha value is -3.87. The van der Waals surface area contributed by atoms with Crippen molar-refractivity contribution < 1.29 is 22.9 Å². The van der Waals surface area contributed by atoms with Crippen LogP contribution in [0.25, 0.3) is 22.4 Å². The number of nitrogens with zero attached hydrogens (tertiary/aromatic N) is 5. The van der Waals surface area contributed by atoms with Crippen LogP contribution >= 0.6 is 11.3 Å². The molecule has 4 rings (SSSR count). The average molecular weight is 490 g/mol. The summed E-state index contributed by atoms with van der Waals surface area (Å²) in [4.78, 5) is 32.2. The molecular formula is C21H17F3N6O3S. The molecule has 0 aliphatic heterocycles. The molecule has 4 aromatic rings. The predicted octanol–water partition coefficient (Wildman–Crippen LogP) is 5.22. The lowest BCUT2D eigenvalue weighted by atomic mass is 10.1. The Bertz CT molecular complexity index is 1400. The van der Waals surface area contributed by atoms with Gasteiger partial charge in [0.2, 0.25) is 0 Å². The lowest BCUT2D eigenvalue weighted by Gasteiger charge is -2.10. The van der Waals surface area contributed by atoms with Crippen LogP contribution in [0.15, 0.2) is 36.4 Å². The van der Waals surface area contributed by atoms with Gasteiger partial charge in [0.1, 0.15) is 11.0 Å². The topological polar surface area (TPSA) is 116 Å². The number of anilines is 1. The van der Waals surface area contributed by atoms with E-state index in [1.807, 2.05) is 6.92 Å². The van der Waals surface area contributed by atoms with E-state index in [-0.39, 0.29) is 21.5 Å². The lowest BCUT2D eigenvalue weighted by molar-refractivity contribution is -0.380. The summed E-state index contributed by atoms with van der Waals surface area (Å²) in [5.41, 5.74) is 1.06. The third-order valence-electron chi connectivity index (χ3n) is 4.94. The van der Waals surface area contributed by atoms with E-state index in [0.717, 1.165) is 18.6 Å². The number of nitrogens with one attached hydrogen (secondary N) is 1. The summed E-state index contributed by atoms with van der Waals surface area (Å²) in [6.07, 6.45) is -3.12. The molecule has 34 heavy (non-hydrogen) atoms. The quantitative estimate of drug-likeness (QED) is 0.293. The van der Waals surface area contributed by atoms with E-state index in [9.17, 15) is 28.1 Å². The summed E-state index contributed by atoms with van der Waals surface area (Å²) in [6, 6.07) is 6.94. The van der Waals surface area contributed by atoms with Gasteiger partial charge in [0.05, 0.1) is 21.1 Å². The SMILES string of the molecule is CCCc1nn(C)c2c(NC(=O)c3ccc([N+](=O)[O-])s3)nc(-c3ccc(C(F)(F)F)cc3)nc12. The largest absolute Gasteiger partial charge is 0.416 e. The van der Waals surface area contributed by atoms with Crippen LogP contribution in [0.5, 0.6) is 0 Å². The number of rotatable bonds is 6. The number of hydrogen-bond acceptors (Lipinski definition) is 7. The van der Waals surface area contributed by atoms with Crippen molar-refractivity contribution in [3.63, 3.8) is 0 Å². The first kappa shape index (κ1) is 23.3. The molecule has 0 aliphatic rings. The number of carbonyl (C=O) groups is 1. The maximum absolute atomic E-state index is 13.0. The zero-order valence-electron chi connectivity index (χ0n) is 17.9. The van der Waals surface area contributed by atoms with Crippen LogP contribution in [0.2, 0.25) is 0 Å². The van der Waals surface area contributed by atoms with Crippen molar-refractivity contribution in [2.75, 3.05) is 5.32 Å². The highest BCUT2D eigenvalue weighted by Crippen LogP contribution is 2.32. The second-order valence-electron chi connectivity index (χ2n) is 7.34. The Labute approximate surface area is 194 Å². The minimum absolute atomic E-state index is 0.0957. The van der Waals surface area contributed by atoms with Crippen molar-refractivity contribution in [3.05, 3.63) is 62.6 Å². The average Bonchev–Trinajstić information content (AvgIpc) is 3.39. The maximum Gasteiger partial charge on any atom is 0.416 e. The van der Waals surface area contributed by atoms with Crippen LogP contribution < -0.4 is 5.32 Å². The highest BCUT2D eigenvalue weighted by molar-refractivity contribution is 7.17. The number of thiophene rings is 1. The van der Waals surface area contributed by atoms with E-state index in [4.69, 9.17) is 0 Å². The second kappa shape index (κ2) is 8.82. The number of fused-ring (bicyclic) bond motifs is 1. The summed E-state index contributed by atoms with van der Waals surface area (Å²) in [6.45, 7) is 1.96. The van der Waals surface area contributed by atoms with E-state index < -0.39 is 22.6 Å². The predicted molar refractivity (Wildman–Crippen MR) is 120 cm³/mol. The van der Waals surface area contributed by atoms with Gasteiger partial charge >= 0.3 is 11.2 Å². The molecule has 0 bridgehead atoms. The molecule has 3 heterocycles. The van der Waals surface area contributed by atoms with Crippen LogP contribution in [0.4, 0.5) is 24.0 Å². The second-order valence-corrected chi connectivity index (χ2v) is 8.40. The van der Waals surface area contributed by atoms with Crippen LogP contribution in [-0.2, 0) is 19.6 Å². The van der Waals surface area contributed by atoms with Gasteiger partial charge in [-0.05, 0) is 24.6 Å². The van der Waals surface area contributed by atoms with Gasteiger partial charge < -0.3 is 5.32 Å². The van der Waals surface area contributed by atoms with E-state index in [1.165, 1.54) is 28.9 Å². The Morgan fingerprint density at radius 3 is 2.47 bits per heavy atom. The van der Waals surface area contributed by atoms with Gasteiger partial charge in [-0.1, -0.05) is 36.8 Å². The molecule has 13 heteroatoms. The summed E-state index contributed by atoms with van der Waals surface area (Å²) in [5, 5.41) is 17.9. The van der Waals surface area contributed by atoms with Crippen LogP contribution in [-0.4, -0.2) is 30.6 Å². The van der Waals surface area contributed by atoms with Gasteiger partial charge in [-0.3, -0.25) is 19.6 Å². The van der Waals surface area contributed by atoms with Crippen molar-refractivity contribution in [3.8, 4) is 11.4 Å². The Morgan fingerprint density at radius 1 is 1.18 bits per heavy atom. The summed E-state index contributed by atoms with van der Waals surface area (Å²) < 4.78 is 40.4. The van der Waals surface area contributed by atoms with Gasteiger partial charge in [0, 0.05) is 18.7 Å². The first-order valence-electron chi connectivity index (χ1n) is 10.0. The number of amides is 1. The minimum atomic E-state index is -4.48. The molecule has 1 aromatic carbocycles. The van der Waals surface area contributed by atoms with Crippen LogP contribution in [0, 0.1) is 10.1 Å². The van der Waals surface area contributed by atoms with Crippen molar-refractivity contribution in [1.82, 2.24) is 19.7 Å². The van der Waals surface area contributed by atoms with Gasteiger partial charge in [-0.2, -0.15) is 18.3 Å². The molecule has 1 N–H and O–H groups in total. The highest BCUT2D eigenvalue weighted by atomic mass is 32.1. The molecule has 1 amide bonds. The fourth-order valence-electron chi connectivity index (χ4n) is 3.39. The Balaban J connectivity index is 1.81. The minimum Gasteiger partial charge on any atom is -0.304 e. The van der Waals surface area contributed by atoms with Gasteiger partial charge in [-0.25, -0.2) is 9.97 Å². The normalized spacial score (nSPS) is 11.7. The summed E-state index contributed by atoms with van der Waals surface area (Å²) in [5.74, 6) is -0.410.